The summed E-state index contributed by atoms with van der Waals surface area (Å²) in [5.41, 5.74) is -1.18. The SMILES string of the molecule is C=CC(/C=C(\CC/C=C\C)C(F)(F)F)C(F)(F)F. The molecule has 0 aromatic rings. The molecule has 1 unspecified atom stereocenters. The van der Waals surface area contributed by atoms with E-state index in [4.69, 9.17) is 0 Å². The Labute approximate surface area is 102 Å². The fraction of sp³-hybridized carbons (Fsp3) is 0.500. The van der Waals surface area contributed by atoms with Crippen LogP contribution in [0.4, 0.5) is 26.3 Å². The fourth-order valence-corrected chi connectivity index (χ4v) is 1.24. The van der Waals surface area contributed by atoms with Gasteiger partial charge in [0.15, 0.2) is 0 Å². The van der Waals surface area contributed by atoms with Gasteiger partial charge in [0, 0.05) is 5.57 Å². The van der Waals surface area contributed by atoms with Crippen molar-refractivity contribution in [1.29, 1.82) is 0 Å². The van der Waals surface area contributed by atoms with Crippen LogP contribution in [0.2, 0.25) is 0 Å². The highest BCUT2D eigenvalue weighted by molar-refractivity contribution is 5.15. The normalized spacial score (nSPS) is 16.1. The molecule has 0 saturated carbocycles. The lowest BCUT2D eigenvalue weighted by Crippen LogP contribution is -2.22. The molecule has 0 rings (SSSR count). The van der Waals surface area contributed by atoms with E-state index in [2.05, 4.69) is 6.58 Å². The van der Waals surface area contributed by atoms with E-state index in [9.17, 15) is 26.3 Å². The van der Waals surface area contributed by atoms with Crippen molar-refractivity contribution in [2.45, 2.75) is 32.1 Å². The summed E-state index contributed by atoms with van der Waals surface area (Å²) in [4.78, 5) is 0. The molecular formula is C12H14F6. The number of hydrogen-bond donors (Lipinski definition) is 0. The first-order valence-electron chi connectivity index (χ1n) is 5.21. The van der Waals surface area contributed by atoms with Gasteiger partial charge in [0.25, 0.3) is 0 Å². The van der Waals surface area contributed by atoms with E-state index in [0.29, 0.717) is 6.08 Å². The van der Waals surface area contributed by atoms with Crippen LogP contribution in [0, 0.1) is 5.92 Å². The summed E-state index contributed by atoms with van der Waals surface area (Å²) in [6, 6.07) is 0. The van der Waals surface area contributed by atoms with Crippen molar-refractivity contribution >= 4 is 0 Å². The third-order valence-electron chi connectivity index (χ3n) is 2.19. The van der Waals surface area contributed by atoms with Crippen LogP contribution in [-0.4, -0.2) is 12.4 Å². The van der Waals surface area contributed by atoms with Gasteiger partial charge in [-0.15, -0.1) is 6.58 Å². The highest BCUT2D eigenvalue weighted by Gasteiger charge is 2.40. The minimum absolute atomic E-state index is 0.0452. The van der Waals surface area contributed by atoms with Crippen molar-refractivity contribution in [3.8, 4) is 0 Å². The standard InChI is InChI=1S/C12H14F6/c1-3-5-6-7-10(12(16,17)18)8-9(4-2)11(13,14)15/h3-5,8-9H,2,6-7H2,1H3/b5-3-,10-8+. The van der Waals surface area contributed by atoms with Gasteiger partial charge >= 0.3 is 12.4 Å². The smallest absolute Gasteiger partial charge is 0.170 e. The summed E-state index contributed by atoms with van der Waals surface area (Å²) < 4.78 is 74.7. The van der Waals surface area contributed by atoms with Crippen molar-refractivity contribution in [3.05, 3.63) is 36.5 Å². The molecule has 0 nitrogen and oxygen atoms in total. The maximum absolute atomic E-state index is 12.5. The monoisotopic (exact) mass is 272 g/mol. The summed E-state index contributed by atoms with van der Waals surface area (Å²) >= 11 is 0. The Bertz CT molecular complexity index is 318. The summed E-state index contributed by atoms with van der Waals surface area (Å²) in [6.07, 6.45) is -6.28. The van der Waals surface area contributed by atoms with Crippen LogP contribution in [0.15, 0.2) is 36.5 Å². The van der Waals surface area contributed by atoms with Crippen molar-refractivity contribution in [3.63, 3.8) is 0 Å². The molecule has 0 aliphatic rings. The molecule has 0 spiro atoms. The minimum atomic E-state index is -4.76. The topological polar surface area (TPSA) is 0 Å². The lowest BCUT2D eigenvalue weighted by Gasteiger charge is -2.17. The molecule has 18 heavy (non-hydrogen) atoms. The number of hydrogen-bond acceptors (Lipinski definition) is 0. The van der Waals surface area contributed by atoms with E-state index < -0.39 is 30.3 Å². The Kier molecular flexibility index (Phi) is 6.21. The Hall–Kier alpha value is -1.20. The van der Waals surface area contributed by atoms with E-state index in [1.165, 1.54) is 6.08 Å². The van der Waals surface area contributed by atoms with Gasteiger partial charge in [-0.25, -0.2) is 0 Å². The second kappa shape index (κ2) is 6.66. The third-order valence-corrected chi connectivity index (χ3v) is 2.19. The molecule has 0 aromatic carbocycles. The van der Waals surface area contributed by atoms with Gasteiger partial charge in [0.05, 0.1) is 5.92 Å². The Morgan fingerprint density at radius 1 is 1.17 bits per heavy atom. The first-order chi connectivity index (χ1) is 8.12. The third kappa shape index (κ3) is 5.93. The Balaban J connectivity index is 5.11. The zero-order valence-corrected chi connectivity index (χ0v) is 9.78. The van der Waals surface area contributed by atoms with E-state index in [1.54, 1.807) is 13.0 Å². The molecule has 0 aliphatic heterocycles. The van der Waals surface area contributed by atoms with Gasteiger partial charge in [-0.05, 0) is 19.8 Å². The molecule has 0 bridgehead atoms. The molecule has 0 aromatic heterocycles. The van der Waals surface area contributed by atoms with Crippen molar-refractivity contribution in [1.82, 2.24) is 0 Å². The predicted octanol–water partition coefficient (Wildman–Crippen LogP) is 5.20. The van der Waals surface area contributed by atoms with Gasteiger partial charge < -0.3 is 0 Å². The molecule has 0 N–H and O–H groups in total. The van der Waals surface area contributed by atoms with Crippen molar-refractivity contribution < 1.29 is 26.3 Å². The van der Waals surface area contributed by atoms with Crippen LogP contribution in [-0.2, 0) is 0 Å². The molecule has 104 valence electrons. The zero-order valence-electron chi connectivity index (χ0n) is 9.78. The van der Waals surface area contributed by atoms with Gasteiger partial charge in [0.1, 0.15) is 0 Å². The highest BCUT2D eigenvalue weighted by atomic mass is 19.4. The van der Waals surface area contributed by atoms with Crippen LogP contribution in [0.1, 0.15) is 19.8 Å². The highest BCUT2D eigenvalue weighted by Crippen LogP contribution is 2.35. The first kappa shape index (κ1) is 16.8. The molecule has 0 heterocycles. The summed E-state index contributed by atoms with van der Waals surface area (Å²) in [5, 5.41) is 0. The van der Waals surface area contributed by atoms with Gasteiger partial charge in [-0.2, -0.15) is 26.3 Å². The van der Waals surface area contributed by atoms with Gasteiger partial charge in [-0.1, -0.05) is 24.3 Å². The average molecular weight is 272 g/mol. The van der Waals surface area contributed by atoms with E-state index in [1.807, 2.05) is 0 Å². The Morgan fingerprint density at radius 3 is 2.06 bits per heavy atom. The first-order valence-corrected chi connectivity index (χ1v) is 5.21. The molecule has 0 aliphatic carbocycles. The van der Waals surface area contributed by atoms with Crippen LogP contribution < -0.4 is 0 Å². The fourth-order valence-electron chi connectivity index (χ4n) is 1.24. The predicted molar refractivity (Wildman–Crippen MR) is 57.9 cm³/mol. The van der Waals surface area contributed by atoms with Crippen LogP contribution >= 0.6 is 0 Å². The summed E-state index contributed by atoms with van der Waals surface area (Å²) in [7, 11) is 0. The zero-order chi connectivity index (χ0) is 14.4. The van der Waals surface area contributed by atoms with Crippen molar-refractivity contribution in [2.75, 3.05) is 0 Å². The molecule has 0 radical (unpaired) electrons. The molecule has 0 saturated heterocycles. The van der Waals surface area contributed by atoms with Gasteiger partial charge in [0.2, 0.25) is 0 Å². The van der Waals surface area contributed by atoms with E-state index >= 15 is 0 Å². The molecule has 0 amide bonds. The quantitative estimate of drug-likeness (QED) is 0.477. The summed E-state index contributed by atoms with van der Waals surface area (Å²) in [5.74, 6) is -2.28. The molecular weight excluding hydrogens is 258 g/mol. The van der Waals surface area contributed by atoms with Crippen molar-refractivity contribution in [2.24, 2.45) is 5.92 Å². The largest absolute Gasteiger partial charge is 0.412 e. The number of alkyl halides is 6. The number of halogens is 6. The minimum Gasteiger partial charge on any atom is -0.170 e. The second-order valence-corrected chi connectivity index (χ2v) is 3.60. The molecule has 6 heteroatoms. The Morgan fingerprint density at radius 2 is 1.72 bits per heavy atom. The summed E-state index contributed by atoms with van der Waals surface area (Å²) in [6.45, 7) is 4.54. The lowest BCUT2D eigenvalue weighted by molar-refractivity contribution is -0.150. The lowest BCUT2D eigenvalue weighted by atomic mass is 10.0. The molecule has 1 atom stereocenters. The maximum Gasteiger partial charge on any atom is 0.412 e. The average Bonchev–Trinajstić information content (AvgIpc) is 2.19. The van der Waals surface area contributed by atoms with Crippen LogP contribution in [0.5, 0.6) is 0 Å². The maximum atomic E-state index is 12.5. The van der Waals surface area contributed by atoms with Crippen LogP contribution in [0.25, 0.3) is 0 Å². The van der Waals surface area contributed by atoms with E-state index in [-0.39, 0.29) is 12.5 Å². The van der Waals surface area contributed by atoms with Crippen LogP contribution in [0.3, 0.4) is 0 Å². The number of rotatable bonds is 5. The number of allylic oxidation sites excluding steroid dienone is 5. The van der Waals surface area contributed by atoms with E-state index in [0.717, 1.165) is 0 Å². The molecule has 0 fully saturated rings. The van der Waals surface area contributed by atoms with Gasteiger partial charge in [-0.3, -0.25) is 0 Å². The second-order valence-electron chi connectivity index (χ2n) is 3.60.